The van der Waals surface area contributed by atoms with Crippen LogP contribution in [0.25, 0.3) is 0 Å². The third-order valence-corrected chi connectivity index (χ3v) is 9.29. The van der Waals surface area contributed by atoms with Crippen LogP contribution in [-0.2, 0) is 19.1 Å². The summed E-state index contributed by atoms with van der Waals surface area (Å²) < 4.78 is 38.4. The standard InChI is InChI=1S/C25H32F2O6/c1-5-21(32)33-25(20(31)12-28)13(2)8-15-16-10-18(26)17-9-14(29)6-7-22(17,3)24(16,27)19(30)11-23(15,25)4/h6-7,9,13,15-16,18-19,28,30H,5,8,10-12H2,1-4H3/t13-,15+,16+,18+,19+,22+,23+,24+,25-/m1/s1. The number of carbonyl (C=O) groups is 3. The molecule has 0 spiro atoms. The Balaban J connectivity index is 1.88. The Bertz CT molecular complexity index is 961. The summed E-state index contributed by atoms with van der Waals surface area (Å²) >= 11 is 0. The lowest BCUT2D eigenvalue weighted by Gasteiger charge is -2.63. The van der Waals surface area contributed by atoms with Gasteiger partial charge in [-0.25, -0.2) is 8.78 Å². The molecule has 0 unspecified atom stereocenters. The third kappa shape index (κ3) is 2.80. The van der Waals surface area contributed by atoms with E-state index in [9.17, 15) is 24.6 Å². The van der Waals surface area contributed by atoms with Gasteiger partial charge in [0.25, 0.3) is 0 Å². The van der Waals surface area contributed by atoms with E-state index in [0.29, 0.717) is 0 Å². The Morgan fingerprint density at radius 1 is 1.24 bits per heavy atom. The summed E-state index contributed by atoms with van der Waals surface area (Å²) in [7, 11) is 0. The first-order valence-electron chi connectivity index (χ1n) is 11.7. The maximum atomic E-state index is 17.2. The molecule has 0 aliphatic heterocycles. The van der Waals surface area contributed by atoms with Crippen LogP contribution in [0.1, 0.15) is 53.4 Å². The summed E-state index contributed by atoms with van der Waals surface area (Å²) in [4.78, 5) is 37.5. The highest BCUT2D eigenvalue weighted by molar-refractivity contribution is 6.01. The topological polar surface area (TPSA) is 101 Å². The van der Waals surface area contributed by atoms with Crippen molar-refractivity contribution in [3.05, 3.63) is 23.8 Å². The van der Waals surface area contributed by atoms with Crippen molar-refractivity contribution in [1.29, 1.82) is 0 Å². The number of carbonyl (C=O) groups excluding carboxylic acids is 3. The minimum Gasteiger partial charge on any atom is -0.450 e. The minimum absolute atomic E-state index is 0.00452. The van der Waals surface area contributed by atoms with Crippen LogP contribution in [0.4, 0.5) is 8.78 Å². The molecular formula is C25H32F2O6. The molecule has 33 heavy (non-hydrogen) atoms. The van der Waals surface area contributed by atoms with Gasteiger partial charge in [0, 0.05) is 29.1 Å². The van der Waals surface area contributed by atoms with Crippen molar-refractivity contribution >= 4 is 17.5 Å². The van der Waals surface area contributed by atoms with Crippen LogP contribution >= 0.6 is 0 Å². The highest BCUT2D eigenvalue weighted by Crippen LogP contribution is 2.71. The van der Waals surface area contributed by atoms with Crippen molar-refractivity contribution in [2.45, 2.75) is 76.9 Å². The van der Waals surface area contributed by atoms with E-state index in [2.05, 4.69) is 0 Å². The van der Waals surface area contributed by atoms with Crippen molar-refractivity contribution in [3.63, 3.8) is 0 Å². The Hall–Kier alpha value is -1.93. The van der Waals surface area contributed by atoms with Crippen molar-refractivity contribution < 1.29 is 38.1 Å². The maximum absolute atomic E-state index is 17.2. The van der Waals surface area contributed by atoms with E-state index in [1.54, 1.807) is 20.8 Å². The molecule has 0 bridgehead atoms. The SMILES string of the molecule is CCC(=O)O[C@@]1(C(=O)CO)[C@H](C)C[C@H]2[C@@H]3C[C@H](F)C4=CC(=O)C=C[C@]4(C)[C@@]3(F)[C@@H](O)C[C@@]21C. The molecule has 0 aromatic rings. The van der Waals surface area contributed by atoms with Gasteiger partial charge in [-0.2, -0.15) is 0 Å². The van der Waals surface area contributed by atoms with Gasteiger partial charge in [0.15, 0.2) is 17.1 Å². The Kier molecular flexibility index (Phi) is 5.53. The fourth-order valence-corrected chi connectivity index (χ4v) is 7.76. The average Bonchev–Trinajstić information content (AvgIpc) is 2.98. The predicted molar refractivity (Wildman–Crippen MR) is 114 cm³/mol. The molecule has 4 rings (SSSR count). The lowest BCUT2D eigenvalue weighted by molar-refractivity contribution is -0.231. The van der Waals surface area contributed by atoms with E-state index in [-0.39, 0.29) is 31.3 Å². The fraction of sp³-hybridized carbons (Fsp3) is 0.720. The number of halogens is 2. The zero-order valence-electron chi connectivity index (χ0n) is 19.4. The van der Waals surface area contributed by atoms with Gasteiger partial charge >= 0.3 is 5.97 Å². The molecule has 2 N–H and O–H groups in total. The number of allylic oxidation sites excluding steroid dienone is 4. The van der Waals surface area contributed by atoms with Crippen LogP contribution in [0, 0.1) is 28.6 Å². The Labute approximate surface area is 192 Å². The lowest BCUT2D eigenvalue weighted by atomic mass is 9.44. The Morgan fingerprint density at radius 2 is 1.91 bits per heavy atom. The number of alkyl halides is 2. The summed E-state index contributed by atoms with van der Waals surface area (Å²) in [5.41, 5.74) is -6.74. The molecule has 4 aliphatic carbocycles. The third-order valence-electron chi connectivity index (χ3n) is 9.29. The quantitative estimate of drug-likeness (QED) is 0.618. The first kappa shape index (κ1) is 24.2. The van der Waals surface area contributed by atoms with Gasteiger partial charge in [-0.15, -0.1) is 0 Å². The molecule has 9 atom stereocenters. The molecule has 182 valence electrons. The zero-order valence-corrected chi connectivity index (χ0v) is 19.4. The second-order valence-corrected chi connectivity index (χ2v) is 10.6. The summed E-state index contributed by atoms with van der Waals surface area (Å²) in [6, 6.07) is 0. The monoisotopic (exact) mass is 466 g/mol. The number of aliphatic hydroxyl groups excluding tert-OH is 2. The normalized spacial score (nSPS) is 48.4. The van der Waals surface area contributed by atoms with Crippen molar-refractivity contribution in [2.24, 2.45) is 28.6 Å². The van der Waals surface area contributed by atoms with Gasteiger partial charge in [-0.3, -0.25) is 14.4 Å². The van der Waals surface area contributed by atoms with Gasteiger partial charge < -0.3 is 14.9 Å². The molecule has 3 saturated carbocycles. The number of ether oxygens (including phenoxy) is 1. The molecule has 3 fully saturated rings. The first-order chi connectivity index (χ1) is 15.3. The number of rotatable bonds is 4. The van der Waals surface area contributed by atoms with Crippen LogP contribution in [-0.4, -0.2) is 57.9 Å². The Morgan fingerprint density at radius 3 is 2.52 bits per heavy atom. The molecule has 0 amide bonds. The average molecular weight is 467 g/mol. The number of aliphatic hydroxyl groups is 2. The zero-order chi connectivity index (χ0) is 24.6. The summed E-state index contributed by atoms with van der Waals surface area (Å²) in [5, 5.41) is 21.1. The van der Waals surface area contributed by atoms with Crippen LogP contribution in [0.3, 0.4) is 0 Å². The van der Waals surface area contributed by atoms with Crippen molar-refractivity contribution in [2.75, 3.05) is 6.61 Å². The molecule has 0 aromatic carbocycles. The maximum Gasteiger partial charge on any atom is 0.306 e. The van der Waals surface area contributed by atoms with E-state index in [1.807, 2.05) is 0 Å². The molecule has 0 saturated heterocycles. The van der Waals surface area contributed by atoms with Crippen molar-refractivity contribution in [3.8, 4) is 0 Å². The number of ketones is 2. The molecule has 8 heteroatoms. The molecule has 6 nitrogen and oxygen atoms in total. The van der Waals surface area contributed by atoms with Crippen LogP contribution in [0.2, 0.25) is 0 Å². The van der Waals surface area contributed by atoms with Gasteiger partial charge in [0.2, 0.25) is 5.78 Å². The largest absolute Gasteiger partial charge is 0.450 e. The predicted octanol–water partition coefficient (Wildman–Crippen LogP) is 2.80. The highest BCUT2D eigenvalue weighted by atomic mass is 19.1. The van der Waals surface area contributed by atoms with Gasteiger partial charge in [-0.1, -0.05) is 26.8 Å². The van der Waals surface area contributed by atoms with E-state index in [0.717, 1.165) is 6.08 Å². The van der Waals surface area contributed by atoms with Crippen LogP contribution < -0.4 is 0 Å². The highest BCUT2D eigenvalue weighted by Gasteiger charge is 2.77. The van der Waals surface area contributed by atoms with Gasteiger partial charge in [0.1, 0.15) is 12.8 Å². The number of esters is 1. The van der Waals surface area contributed by atoms with E-state index < -0.39 is 76.3 Å². The fourth-order valence-electron chi connectivity index (χ4n) is 7.76. The van der Waals surface area contributed by atoms with Gasteiger partial charge in [-0.05, 0) is 49.8 Å². The molecule has 0 radical (unpaired) electrons. The molecule has 4 aliphatic rings. The second-order valence-electron chi connectivity index (χ2n) is 10.6. The van der Waals surface area contributed by atoms with E-state index in [1.165, 1.54) is 19.1 Å². The van der Waals surface area contributed by atoms with Crippen LogP contribution in [0.15, 0.2) is 23.8 Å². The summed E-state index contributed by atoms with van der Waals surface area (Å²) in [5.74, 6) is -3.89. The molecule has 0 heterocycles. The minimum atomic E-state index is -2.28. The number of Topliss-reactive ketones (excluding diaryl/α,β-unsaturated/α-hetero) is 1. The molecule has 0 aromatic heterocycles. The number of hydrogen-bond donors (Lipinski definition) is 2. The van der Waals surface area contributed by atoms with Gasteiger partial charge in [0.05, 0.1) is 6.10 Å². The molecular weight excluding hydrogens is 434 g/mol. The summed E-state index contributed by atoms with van der Waals surface area (Å²) in [6.45, 7) is 5.62. The number of fused-ring (bicyclic) bond motifs is 5. The first-order valence-corrected chi connectivity index (χ1v) is 11.7. The van der Waals surface area contributed by atoms with E-state index in [4.69, 9.17) is 4.74 Å². The van der Waals surface area contributed by atoms with Crippen molar-refractivity contribution in [1.82, 2.24) is 0 Å². The lowest BCUT2D eigenvalue weighted by Crippen LogP contribution is -2.71. The smallest absolute Gasteiger partial charge is 0.306 e. The number of hydrogen-bond acceptors (Lipinski definition) is 6. The van der Waals surface area contributed by atoms with Crippen LogP contribution in [0.5, 0.6) is 0 Å². The van der Waals surface area contributed by atoms with E-state index >= 15 is 8.78 Å². The summed E-state index contributed by atoms with van der Waals surface area (Å²) in [6.07, 6.45) is 0.299. The second kappa shape index (κ2) is 7.54.